The molecule has 15 heteroatoms. The van der Waals surface area contributed by atoms with Gasteiger partial charge in [-0.2, -0.15) is 19.1 Å². The zero-order valence-corrected chi connectivity index (χ0v) is 24.5. The summed E-state index contributed by atoms with van der Waals surface area (Å²) in [7, 11) is 0. The van der Waals surface area contributed by atoms with Crippen molar-refractivity contribution < 1.29 is 18.0 Å². The third-order valence-electron chi connectivity index (χ3n) is 7.53. The van der Waals surface area contributed by atoms with Crippen LogP contribution in [0, 0.1) is 23.1 Å². The van der Waals surface area contributed by atoms with Crippen LogP contribution in [0.4, 0.5) is 24.5 Å². The molecule has 45 heavy (non-hydrogen) atoms. The number of anilines is 2. The third kappa shape index (κ3) is 6.26. The topological polar surface area (TPSA) is 161 Å². The Kier molecular flexibility index (Phi) is 8.94. The molecule has 5 N–H and O–H groups in total. The maximum absolute atomic E-state index is 15.4. The second kappa shape index (κ2) is 12.8. The van der Waals surface area contributed by atoms with E-state index in [0.717, 1.165) is 17.3 Å². The minimum Gasteiger partial charge on any atom is -0.389 e. The fourth-order valence-corrected chi connectivity index (χ4v) is 5.44. The van der Waals surface area contributed by atoms with Crippen LogP contribution in [-0.4, -0.2) is 25.2 Å². The highest BCUT2D eigenvalue weighted by Gasteiger charge is 2.26. The molecular weight excluding hydrogens is 611 g/mol. The quantitative estimate of drug-likeness (QED) is 0.151. The van der Waals surface area contributed by atoms with Gasteiger partial charge >= 0.3 is 6.55 Å². The summed E-state index contributed by atoms with van der Waals surface area (Å²) in [5.74, 6) is 4.33. The van der Waals surface area contributed by atoms with Gasteiger partial charge in [0.1, 0.15) is 11.8 Å². The molecule has 232 valence electrons. The monoisotopic (exact) mass is 637 g/mol. The molecule has 11 nitrogen and oxygen atoms in total. The summed E-state index contributed by atoms with van der Waals surface area (Å²) in [5, 5.41) is 16.2. The molecule has 3 heterocycles. The fourth-order valence-electron chi connectivity index (χ4n) is 5.28. The number of nitrogens with two attached hydrogens (primary N) is 2. The zero-order chi connectivity index (χ0) is 32.4. The number of nitriles is 1. The molecule has 2 unspecified atom stereocenters. The summed E-state index contributed by atoms with van der Waals surface area (Å²) < 4.78 is 45.1. The Hall–Kier alpha value is -5.13. The Labute approximate surface area is 260 Å². The Morgan fingerprint density at radius 3 is 2.73 bits per heavy atom. The first-order chi connectivity index (χ1) is 21.5. The van der Waals surface area contributed by atoms with Gasteiger partial charge in [0.15, 0.2) is 5.82 Å². The van der Waals surface area contributed by atoms with Crippen LogP contribution in [0.2, 0.25) is 5.02 Å². The number of hydrogen-bond donors (Lipinski definition) is 3. The number of nitrogens with one attached hydrogen (secondary N) is 1. The van der Waals surface area contributed by atoms with E-state index in [-0.39, 0.29) is 45.0 Å². The van der Waals surface area contributed by atoms with Crippen LogP contribution in [-0.2, 0) is 4.79 Å². The van der Waals surface area contributed by atoms with Gasteiger partial charge in [0, 0.05) is 17.5 Å². The summed E-state index contributed by atoms with van der Waals surface area (Å²) >= 11 is 6.05. The standard InChI is InChI=1S/C30H27ClF3N9O2/c1-16-4-2-7-23(17-5-3-6-18(10-17)28-22(40-29(16)45)13-39-43(28)30(33)34)41-15-38-21(11-25(41)44)26-24(9-8-20(31)27(26)32)42(37)14-19(36)12-35/h3,5-6,8-11,13-16,23,30H,2,4,7,36-37H2,1H3,(H,40,45)/b19-14-. The van der Waals surface area contributed by atoms with E-state index in [1.54, 1.807) is 37.3 Å². The molecule has 1 amide bonds. The van der Waals surface area contributed by atoms with E-state index in [1.807, 2.05) is 0 Å². The fraction of sp³-hybridized carbons (Fsp3) is 0.233. The molecular formula is C30H27ClF3N9O2. The van der Waals surface area contributed by atoms with Crippen LogP contribution in [0.15, 0.2) is 71.7 Å². The number of rotatable bonds is 5. The zero-order valence-electron chi connectivity index (χ0n) is 23.8. The molecule has 0 radical (unpaired) electrons. The van der Waals surface area contributed by atoms with Crippen LogP contribution < -0.4 is 27.5 Å². The van der Waals surface area contributed by atoms with Crippen molar-refractivity contribution in [1.29, 1.82) is 5.26 Å². The largest absolute Gasteiger partial charge is 0.389 e. The molecule has 2 aromatic heterocycles. The number of fused-ring (bicyclic) bond motifs is 4. The lowest BCUT2D eigenvalue weighted by Gasteiger charge is -2.23. The summed E-state index contributed by atoms with van der Waals surface area (Å²) in [6.07, 6.45) is 4.90. The van der Waals surface area contributed by atoms with E-state index in [2.05, 4.69) is 15.4 Å². The smallest absolute Gasteiger partial charge is 0.333 e. The van der Waals surface area contributed by atoms with E-state index < -0.39 is 29.9 Å². The van der Waals surface area contributed by atoms with Crippen LogP contribution in [0.3, 0.4) is 0 Å². The van der Waals surface area contributed by atoms with Gasteiger partial charge in [-0.1, -0.05) is 43.1 Å². The summed E-state index contributed by atoms with van der Waals surface area (Å²) in [5.41, 5.74) is 5.68. The second-order valence-electron chi connectivity index (χ2n) is 10.5. The maximum Gasteiger partial charge on any atom is 0.333 e. The van der Waals surface area contributed by atoms with Crippen molar-refractivity contribution in [1.82, 2.24) is 19.3 Å². The number of carbonyl (C=O) groups is 1. The van der Waals surface area contributed by atoms with Crippen molar-refractivity contribution in [3.63, 3.8) is 0 Å². The van der Waals surface area contributed by atoms with E-state index in [4.69, 9.17) is 28.4 Å². The van der Waals surface area contributed by atoms with Gasteiger partial charge < -0.3 is 11.1 Å². The van der Waals surface area contributed by atoms with Crippen LogP contribution >= 0.6 is 11.6 Å². The third-order valence-corrected chi connectivity index (χ3v) is 7.82. The molecule has 5 rings (SSSR count). The number of benzene rings is 2. The normalized spacial score (nSPS) is 17.1. The average Bonchev–Trinajstić information content (AvgIpc) is 3.44. The van der Waals surface area contributed by atoms with E-state index in [9.17, 15) is 18.4 Å². The summed E-state index contributed by atoms with van der Waals surface area (Å²) in [4.78, 5) is 30.9. The summed E-state index contributed by atoms with van der Waals surface area (Å²) in [6, 6.07) is 11.6. The summed E-state index contributed by atoms with van der Waals surface area (Å²) in [6.45, 7) is -1.24. The second-order valence-corrected chi connectivity index (χ2v) is 10.9. The molecule has 0 aliphatic carbocycles. The van der Waals surface area contributed by atoms with Gasteiger partial charge in [0.2, 0.25) is 5.91 Å². The van der Waals surface area contributed by atoms with Gasteiger partial charge in [0.25, 0.3) is 5.56 Å². The molecule has 2 aromatic carbocycles. The molecule has 0 saturated carbocycles. The highest BCUT2D eigenvalue weighted by molar-refractivity contribution is 6.31. The van der Waals surface area contributed by atoms with Gasteiger partial charge in [-0.3, -0.25) is 19.2 Å². The first-order valence-electron chi connectivity index (χ1n) is 13.7. The Balaban J connectivity index is 1.63. The number of nitrogens with zero attached hydrogens (tertiary/aromatic N) is 6. The highest BCUT2D eigenvalue weighted by atomic mass is 35.5. The van der Waals surface area contributed by atoms with Gasteiger partial charge in [-0.05, 0) is 36.6 Å². The lowest BCUT2D eigenvalue weighted by molar-refractivity contribution is -0.119. The predicted molar refractivity (Wildman–Crippen MR) is 162 cm³/mol. The Bertz CT molecular complexity index is 1900. The van der Waals surface area contributed by atoms with E-state index in [1.165, 1.54) is 29.2 Å². The van der Waals surface area contributed by atoms with Crippen molar-refractivity contribution >= 4 is 28.9 Å². The van der Waals surface area contributed by atoms with Crippen molar-refractivity contribution in [2.24, 2.45) is 17.5 Å². The Morgan fingerprint density at radius 1 is 1.24 bits per heavy atom. The van der Waals surface area contributed by atoms with Crippen LogP contribution in [0.5, 0.6) is 0 Å². The van der Waals surface area contributed by atoms with Gasteiger partial charge in [0.05, 0.1) is 58.1 Å². The van der Waals surface area contributed by atoms with Crippen molar-refractivity contribution in [3.8, 4) is 28.6 Å². The van der Waals surface area contributed by atoms with Crippen molar-refractivity contribution in [2.45, 2.75) is 38.8 Å². The molecule has 0 saturated heterocycles. The first-order valence-corrected chi connectivity index (χ1v) is 14.1. The number of carbonyl (C=O) groups excluding carboxylic acids is 1. The van der Waals surface area contributed by atoms with Crippen molar-refractivity contribution in [3.05, 3.63) is 93.6 Å². The number of hydrogen-bond acceptors (Lipinski definition) is 8. The molecule has 0 spiro atoms. The predicted octanol–water partition coefficient (Wildman–Crippen LogP) is 5.31. The highest BCUT2D eigenvalue weighted by Crippen LogP contribution is 2.37. The minimum absolute atomic E-state index is 0.0222. The number of alkyl halides is 2. The molecule has 4 aromatic rings. The number of aromatic nitrogens is 4. The number of amides is 1. The lowest BCUT2D eigenvalue weighted by atomic mass is 9.94. The first kappa shape index (κ1) is 31.3. The molecule has 2 bridgehead atoms. The average molecular weight is 638 g/mol. The van der Waals surface area contributed by atoms with Gasteiger partial charge in [-0.25, -0.2) is 19.9 Å². The minimum atomic E-state index is -2.97. The van der Waals surface area contributed by atoms with Crippen LogP contribution in [0.1, 0.15) is 44.3 Å². The molecule has 1 aliphatic heterocycles. The van der Waals surface area contributed by atoms with Gasteiger partial charge in [-0.15, -0.1) is 0 Å². The Morgan fingerprint density at radius 2 is 2.02 bits per heavy atom. The van der Waals surface area contributed by atoms with E-state index in [0.29, 0.717) is 35.1 Å². The SMILES string of the molecule is CC1CCCC(n2cnc(-c3c(N(N)/C=C(\N)C#N)ccc(Cl)c3F)cc2=O)c2cccc(c2)-c2c(cnn2C(F)F)NC1=O. The van der Waals surface area contributed by atoms with Crippen LogP contribution in [0.25, 0.3) is 22.5 Å². The van der Waals surface area contributed by atoms with E-state index >= 15 is 4.39 Å². The molecule has 2 atom stereocenters. The number of allylic oxidation sites excluding steroid dienone is 1. The molecule has 0 fully saturated rings. The molecule has 1 aliphatic rings. The number of halogens is 4. The number of hydrazine groups is 1. The maximum atomic E-state index is 15.4. The lowest BCUT2D eigenvalue weighted by Crippen LogP contribution is -2.28. The van der Waals surface area contributed by atoms with Crippen molar-refractivity contribution in [2.75, 3.05) is 10.3 Å².